The fraction of sp³-hybridized carbons (Fsp3) is 0.333. The van der Waals surface area contributed by atoms with E-state index >= 15 is 0 Å². The largest absolute Gasteiger partial charge is 0.475 e. The highest BCUT2D eigenvalue weighted by Gasteiger charge is 2.33. The Hall–Kier alpha value is -2.83. The predicted molar refractivity (Wildman–Crippen MR) is 88.4 cm³/mol. The zero-order valence-electron chi connectivity index (χ0n) is 14.0. The Morgan fingerprint density at radius 1 is 1.44 bits per heavy atom. The number of hydrogen-bond acceptors (Lipinski definition) is 5. The summed E-state index contributed by atoms with van der Waals surface area (Å²) in [4.78, 5) is 33.7. The first-order valence-corrected chi connectivity index (χ1v) is 7.96. The second-order valence-corrected chi connectivity index (χ2v) is 5.88. The molecular weight excluding hydrogens is 325 g/mol. The molecule has 0 saturated carbocycles. The molecule has 0 radical (unpaired) electrons. The molecule has 7 heteroatoms. The molecule has 6 nitrogen and oxygen atoms in total. The van der Waals surface area contributed by atoms with Gasteiger partial charge in [0.05, 0.1) is 6.04 Å². The van der Waals surface area contributed by atoms with Crippen molar-refractivity contribution in [3.8, 4) is 5.88 Å². The number of aryl methyl sites for hydroxylation is 1. The van der Waals surface area contributed by atoms with Crippen molar-refractivity contribution in [2.24, 2.45) is 0 Å². The number of fused-ring (bicyclic) bond motifs is 1. The predicted octanol–water partition coefficient (Wildman–Crippen LogP) is 2.66. The van der Waals surface area contributed by atoms with Crippen molar-refractivity contribution in [2.75, 3.05) is 13.3 Å². The summed E-state index contributed by atoms with van der Waals surface area (Å²) in [7, 11) is 0. The van der Waals surface area contributed by atoms with Crippen LogP contribution in [0.15, 0.2) is 24.5 Å². The van der Waals surface area contributed by atoms with Gasteiger partial charge in [-0.2, -0.15) is 0 Å². The molecule has 0 aromatic carbocycles. The molecule has 3 rings (SSSR count). The topological polar surface area (TPSA) is 72.4 Å². The van der Waals surface area contributed by atoms with Crippen LogP contribution in [0.2, 0.25) is 0 Å². The first-order chi connectivity index (χ1) is 12.1. The summed E-state index contributed by atoms with van der Waals surface area (Å²) in [6.45, 7) is 3.44. The minimum atomic E-state index is -0.576. The molecule has 1 amide bonds. The number of aldehydes is 1. The van der Waals surface area contributed by atoms with Crippen molar-refractivity contribution in [2.45, 2.75) is 26.4 Å². The standard InChI is InChI=1S/C18H18FN3O3/c1-11-7-13(8-21-17(11)25-6-4-19)12(2)22-9-15-14(18(22)24)3-5-20-16(15)10-23/h3,5,7-8,10,12H,4,6,9H2,1-2H3. The lowest BCUT2D eigenvalue weighted by atomic mass is 10.1. The minimum Gasteiger partial charge on any atom is -0.475 e. The van der Waals surface area contributed by atoms with E-state index in [1.807, 2.05) is 19.9 Å². The van der Waals surface area contributed by atoms with E-state index in [0.717, 1.165) is 11.1 Å². The second kappa shape index (κ2) is 6.96. The van der Waals surface area contributed by atoms with Crippen LogP contribution < -0.4 is 4.74 Å². The Kier molecular flexibility index (Phi) is 4.74. The van der Waals surface area contributed by atoms with Gasteiger partial charge in [-0.15, -0.1) is 0 Å². The first kappa shape index (κ1) is 17.0. The van der Waals surface area contributed by atoms with Gasteiger partial charge in [0.25, 0.3) is 5.91 Å². The Morgan fingerprint density at radius 3 is 2.92 bits per heavy atom. The third-order valence-electron chi connectivity index (χ3n) is 4.34. The van der Waals surface area contributed by atoms with E-state index in [-0.39, 0.29) is 18.6 Å². The molecule has 3 heterocycles. The van der Waals surface area contributed by atoms with Crippen LogP contribution in [0.25, 0.3) is 0 Å². The van der Waals surface area contributed by atoms with Crippen molar-refractivity contribution in [3.05, 3.63) is 52.5 Å². The molecule has 25 heavy (non-hydrogen) atoms. The molecule has 1 aliphatic rings. The van der Waals surface area contributed by atoms with Crippen LogP contribution in [-0.2, 0) is 6.54 Å². The molecule has 0 aliphatic carbocycles. The quantitative estimate of drug-likeness (QED) is 0.754. The van der Waals surface area contributed by atoms with Crippen LogP contribution in [0.1, 0.15) is 50.5 Å². The molecule has 1 atom stereocenters. The van der Waals surface area contributed by atoms with E-state index in [4.69, 9.17) is 4.74 Å². The van der Waals surface area contributed by atoms with Gasteiger partial charge in [0.1, 0.15) is 19.0 Å². The fourth-order valence-electron chi connectivity index (χ4n) is 2.97. The summed E-state index contributed by atoms with van der Waals surface area (Å²) < 4.78 is 17.5. The van der Waals surface area contributed by atoms with Crippen LogP contribution in [0, 0.1) is 6.92 Å². The number of hydrogen-bond donors (Lipinski definition) is 0. The van der Waals surface area contributed by atoms with Gasteiger partial charge in [0, 0.05) is 35.6 Å². The van der Waals surface area contributed by atoms with Gasteiger partial charge in [-0.05, 0) is 31.5 Å². The molecule has 1 aliphatic heterocycles. The maximum atomic E-state index is 12.7. The number of aromatic nitrogens is 2. The summed E-state index contributed by atoms with van der Waals surface area (Å²) in [5, 5.41) is 0. The molecule has 0 spiro atoms. The number of rotatable bonds is 6. The lowest BCUT2D eigenvalue weighted by Crippen LogP contribution is -2.27. The lowest BCUT2D eigenvalue weighted by molar-refractivity contribution is 0.0715. The Morgan fingerprint density at radius 2 is 2.24 bits per heavy atom. The summed E-state index contributed by atoms with van der Waals surface area (Å²) in [5.74, 6) is 0.250. The molecule has 130 valence electrons. The monoisotopic (exact) mass is 343 g/mol. The van der Waals surface area contributed by atoms with Gasteiger partial charge < -0.3 is 9.64 Å². The third kappa shape index (κ3) is 3.09. The molecule has 2 aromatic rings. The summed E-state index contributed by atoms with van der Waals surface area (Å²) in [5.41, 5.74) is 3.08. The van der Waals surface area contributed by atoms with Crippen LogP contribution in [0.5, 0.6) is 5.88 Å². The van der Waals surface area contributed by atoms with Gasteiger partial charge in [0.2, 0.25) is 5.88 Å². The highest BCUT2D eigenvalue weighted by molar-refractivity contribution is 6.00. The van der Waals surface area contributed by atoms with E-state index in [0.29, 0.717) is 35.5 Å². The Bertz CT molecular complexity index is 825. The van der Waals surface area contributed by atoms with E-state index < -0.39 is 6.67 Å². The maximum absolute atomic E-state index is 12.7. The van der Waals surface area contributed by atoms with Gasteiger partial charge in [0.15, 0.2) is 6.29 Å². The summed E-state index contributed by atoms with van der Waals surface area (Å²) in [6, 6.07) is 3.27. The SMILES string of the molecule is Cc1cc(C(C)N2Cc3c(ccnc3C=O)C2=O)cnc1OCCF. The highest BCUT2D eigenvalue weighted by Crippen LogP contribution is 2.32. The molecule has 0 fully saturated rings. The Labute approximate surface area is 144 Å². The van der Waals surface area contributed by atoms with E-state index in [2.05, 4.69) is 9.97 Å². The molecule has 2 aromatic heterocycles. The van der Waals surface area contributed by atoms with Crippen molar-refractivity contribution in [3.63, 3.8) is 0 Å². The number of nitrogens with zero attached hydrogens (tertiary/aromatic N) is 3. The molecular formula is C18H18FN3O3. The van der Waals surface area contributed by atoms with Crippen molar-refractivity contribution in [1.29, 1.82) is 0 Å². The number of amides is 1. The minimum absolute atomic E-state index is 0.0376. The van der Waals surface area contributed by atoms with Gasteiger partial charge in [-0.3, -0.25) is 14.6 Å². The van der Waals surface area contributed by atoms with Crippen molar-refractivity contribution < 1.29 is 18.7 Å². The normalized spacial score (nSPS) is 14.4. The zero-order valence-corrected chi connectivity index (χ0v) is 14.0. The smallest absolute Gasteiger partial charge is 0.255 e. The third-order valence-corrected chi connectivity index (χ3v) is 4.34. The van der Waals surface area contributed by atoms with Crippen LogP contribution in [0.4, 0.5) is 4.39 Å². The number of carbonyl (C=O) groups is 2. The second-order valence-electron chi connectivity index (χ2n) is 5.88. The number of carbonyl (C=O) groups excluding carboxylic acids is 2. The lowest BCUT2D eigenvalue weighted by Gasteiger charge is -2.25. The number of halogens is 1. The van der Waals surface area contributed by atoms with E-state index in [1.165, 1.54) is 6.20 Å². The first-order valence-electron chi connectivity index (χ1n) is 7.96. The average Bonchev–Trinajstić information content (AvgIpc) is 2.97. The van der Waals surface area contributed by atoms with Gasteiger partial charge >= 0.3 is 0 Å². The average molecular weight is 343 g/mol. The molecule has 0 N–H and O–H groups in total. The van der Waals surface area contributed by atoms with Crippen LogP contribution in [0.3, 0.4) is 0 Å². The van der Waals surface area contributed by atoms with E-state index in [1.54, 1.807) is 17.2 Å². The Balaban J connectivity index is 1.85. The van der Waals surface area contributed by atoms with Gasteiger partial charge in [-0.1, -0.05) is 0 Å². The van der Waals surface area contributed by atoms with Crippen molar-refractivity contribution >= 4 is 12.2 Å². The zero-order chi connectivity index (χ0) is 18.0. The fourth-order valence-corrected chi connectivity index (χ4v) is 2.97. The van der Waals surface area contributed by atoms with Gasteiger partial charge in [-0.25, -0.2) is 9.37 Å². The highest BCUT2D eigenvalue weighted by atomic mass is 19.1. The number of ether oxygens (including phenoxy) is 1. The summed E-state index contributed by atoms with van der Waals surface area (Å²) >= 11 is 0. The van der Waals surface area contributed by atoms with E-state index in [9.17, 15) is 14.0 Å². The maximum Gasteiger partial charge on any atom is 0.255 e. The number of alkyl halides is 1. The molecule has 0 bridgehead atoms. The van der Waals surface area contributed by atoms with Crippen LogP contribution >= 0.6 is 0 Å². The number of pyridine rings is 2. The van der Waals surface area contributed by atoms with Crippen molar-refractivity contribution in [1.82, 2.24) is 14.9 Å². The summed E-state index contributed by atoms with van der Waals surface area (Å²) in [6.07, 6.45) is 3.76. The molecule has 1 unspecified atom stereocenters. The molecule has 0 saturated heterocycles. The van der Waals surface area contributed by atoms with Crippen LogP contribution in [-0.4, -0.2) is 40.3 Å².